The number of carboxylic acids is 2. The third kappa shape index (κ3) is 11.5. The van der Waals surface area contributed by atoms with Crippen LogP contribution in [0.4, 0.5) is 4.79 Å². The molecule has 1 aliphatic rings. The fraction of sp³-hybridized carbons (Fsp3) is 0.250. The van der Waals surface area contributed by atoms with E-state index in [0.29, 0.717) is 18.8 Å². The Balaban J connectivity index is 0.000000249. The van der Waals surface area contributed by atoms with Gasteiger partial charge in [0, 0.05) is 13.1 Å². The standard InChI is InChI=1S/C8H8O3.C6H10N2O4.C6H7NO2S/c9-8(10)6-11-7-4-2-1-3-5-7;9-5(10)4-3-8(6(11)12)2-1-7-4;7-10(8,9)6-4-2-1-3-5-6/h1-5H,6H2,(H,9,10);4,7H,1-3H2,(H,9,10)(H,11,12);1-5H,(H2,7,8,9). The van der Waals surface area contributed by atoms with Crippen LogP contribution in [0.3, 0.4) is 0 Å². The van der Waals surface area contributed by atoms with E-state index in [2.05, 4.69) is 5.32 Å². The normalized spacial score (nSPS) is 15.1. The van der Waals surface area contributed by atoms with E-state index in [1.165, 1.54) is 12.1 Å². The smallest absolute Gasteiger partial charge is 0.407 e. The van der Waals surface area contributed by atoms with E-state index in [4.69, 9.17) is 25.2 Å². The number of amides is 1. The number of nitrogens with one attached hydrogen (secondary N) is 1. The molecule has 0 aromatic heterocycles. The van der Waals surface area contributed by atoms with Crippen molar-refractivity contribution in [3.63, 3.8) is 0 Å². The fourth-order valence-electron chi connectivity index (χ4n) is 2.36. The number of carboxylic acid groups (broad SMARTS) is 3. The molecule has 0 radical (unpaired) electrons. The minimum atomic E-state index is -3.50. The van der Waals surface area contributed by atoms with Crippen molar-refractivity contribution < 1.29 is 42.9 Å². The van der Waals surface area contributed by atoms with E-state index in [0.717, 1.165) is 4.90 Å². The van der Waals surface area contributed by atoms with Crippen LogP contribution >= 0.6 is 0 Å². The van der Waals surface area contributed by atoms with Crippen molar-refractivity contribution in [1.82, 2.24) is 10.2 Å². The number of benzene rings is 2. The maximum atomic E-state index is 10.6. The molecular weight excluding hydrogens is 458 g/mol. The number of carbonyl (C=O) groups is 3. The summed E-state index contributed by atoms with van der Waals surface area (Å²) in [6.07, 6.45) is -1.07. The SMILES string of the molecule is NS(=O)(=O)c1ccccc1.O=C(O)C1CN(C(=O)O)CCN1.O=C(O)COc1ccccc1. The number of sulfonamides is 1. The number of rotatable bonds is 5. The molecule has 1 unspecified atom stereocenters. The molecule has 1 aliphatic heterocycles. The second-order valence-electron chi connectivity index (χ2n) is 6.43. The van der Waals surface area contributed by atoms with Gasteiger partial charge in [-0.05, 0) is 24.3 Å². The molecule has 6 N–H and O–H groups in total. The van der Waals surface area contributed by atoms with E-state index in [9.17, 15) is 22.8 Å². The number of nitrogens with zero attached hydrogens (tertiary/aromatic N) is 1. The van der Waals surface area contributed by atoms with E-state index in [1.807, 2.05) is 6.07 Å². The fourth-order valence-corrected chi connectivity index (χ4v) is 2.90. The summed E-state index contributed by atoms with van der Waals surface area (Å²) in [6.45, 7) is 0.469. The third-order valence-electron chi connectivity index (χ3n) is 3.92. The minimum Gasteiger partial charge on any atom is -0.482 e. The van der Waals surface area contributed by atoms with E-state index in [1.54, 1.807) is 42.5 Å². The Morgan fingerprint density at radius 2 is 1.55 bits per heavy atom. The van der Waals surface area contributed by atoms with Gasteiger partial charge in [-0.1, -0.05) is 36.4 Å². The number of nitrogens with two attached hydrogens (primary N) is 1. The summed E-state index contributed by atoms with van der Waals surface area (Å²) in [5.74, 6) is -1.40. The van der Waals surface area contributed by atoms with Crippen molar-refractivity contribution in [2.24, 2.45) is 5.14 Å². The largest absolute Gasteiger partial charge is 0.482 e. The van der Waals surface area contributed by atoms with E-state index >= 15 is 0 Å². The van der Waals surface area contributed by atoms with Gasteiger partial charge in [-0.25, -0.2) is 23.1 Å². The van der Waals surface area contributed by atoms with Crippen LogP contribution in [0.25, 0.3) is 0 Å². The molecule has 3 rings (SSSR count). The average molecular weight is 483 g/mol. The van der Waals surface area contributed by atoms with Gasteiger partial charge in [0.15, 0.2) is 6.61 Å². The maximum Gasteiger partial charge on any atom is 0.407 e. The highest BCUT2D eigenvalue weighted by Gasteiger charge is 2.27. The molecule has 1 amide bonds. The lowest BCUT2D eigenvalue weighted by Crippen LogP contribution is -2.55. The van der Waals surface area contributed by atoms with E-state index < -0.39 is 34.1 Å². The summed E-state index contributed by atoms with van der Waals surface area (Å²) in [5.41, 5.74) is 0. The van der Waals surface area contributed by atoms with Gasteiger partial charge in [0.25, 0.3) is 0 Å². The highest BCUT2D eigenvalue weighted by atomic mass is 32.2. The Hall–Kier alpha value is -3.68. The zero-order valence-corrected chi connectivity index (χ0v) is 18.2. The van der Waals surface area contributed by atoms with Crippen molar-refractivity contribution in [2.75, 3.05) is 26.2 Å². The number of piperazine rings is 1. The molecule has 33 heavy (non-hydrogen) atoms. The molecule has 0 spiro atoms. The van der Waals surface area contributed by atoms with Crippen LogP contribution in [0.5, 0.6) is 5.75 Å². The topological polar surface area (TPSA) is 197 Å². The first-order valence-electron chi connectivity index (χ1n) is 9.42. The highest BCUT2D eigenvalue weighted by Crippen LogP contribution is 2.07. The first kappa shape index (κ1) is 27.4. The highest BCUT2D eigenvalue weighted by molar-refractivity contribution is 7.89. The molecule has 1 fully saturated rings. The van der Waals surface area contributed by atoms with Crippen molar-refractivity contribution >= 4 is 28.1 Å². The monoisotopic (exact) mass is 483 g/mol. The summed E-state index contributed by atoms with van der Waals surface area (Å²) < 4.78 is 26.1. The predicted molar refractivity (Wildman–Crippen MR) is 116 cm³/mol. The van der Waals surface area contributed by atoms with Crippen LogP contribution in [0, 0.1) is 0 Å². The quantitative estimate of drug-likeness (QED) is 0.399. The Bertz CT molecular complexity index is 982. The second kappa shape index (κ2) is 13.7. The minimum absolute atomic E-state index is 0.0185. The molecule has 0 saturated carbocycles. The third-order valence-corrected chi connectivity index (χ3v) is 4.85. The first-order chi connectivity index (χ1) is 15.5. The molecule has 1 atom stereocenters. The van der Waals surface area contributed by atoms with Crippen molar-refractivity contribution in [3.05, 3.63) is 60.7 Å². The van der Waals surface area contributed by atoms with Gasteiger partial charge < -0.3 is 30.3 Å². The van der Waals surface area contributed by atoms with Gasteiger partial charge in [-0.15, -0.1) is 0 Å². The second-order valence-corrected chi connectivity index (χ2v) is 7.99. The molecule has 1 heterocycles. The van der Waals surface area contributed by atoms with Crippen LogP contribution in [-0.4, -0.2) is 79.0 Å². The zero-order chi connectivity index (χ0) is 24.9. The first-order valence-corrected chi connectivity index (χ1v) is 11.0. The molecule has 2 aromatic carbocycles. The Kier molecular flexibility index (Phi) is 11.3. The molecule has 0 aliphatic carbocycles. The van der Waals surface area contributed by atoms with Crippen LogP contribution < -0.4 is 15.2 Å². The van der Waals surface area contributed by atoms with Gasteiger partial charge in [-0.2, -0.15) is 0 Å². The lowest BCUT2D eigenvalue weighted by Gasteiger charge is -2.29. The van der Waals surface area contributed by atoms with Gasteiger partial charge >= 0.3 is 18.0 Å². The van der Waals surface area contributed by atoms with Crippen molar-refractivity contribution in [3.8, 4) is 5.75 Å². The lowest BCUT2D eigenvalue weighted by atomic mass is 10.2. The summed E-state index contributed by atoms with van der Waals surface area (Å²) in [6, 6.07) is 16.0. The maximum absolute atomic E-state index is 10.6. The average Bonchev–Trinajstić information content (AvgIpc) is 2.79. The number of hydrogen-bond acceptors (Lipinski definition) is 7. The number of aliphatic carboxylic acids is 2. The Labute approximate surface area is 190 Å². The van der Waals surface area contributed by atoms with Crippen LogP contribution in [0.2, 0.25) is 0 Å². The molecule has 1 saturated heterocycles. The van der Waals surface area contributed by atoms with Gasteiger partial charge in [0.05, 0.1) is 11.4 Å². The van der Waals surface area contributed by atoms with Crippen LogP contribution in [0.1, 0.15) is 0 Å². The summed E-state index contributed by atoms with van der Waals surface area (Å²) in [5, 5.41) is 32.9. The molecule has 2 aromatic rings. The molecular formula is C20H25N3O9S. The van der Waals surface area contributed by atoms with Gasteiger partial charge in [0.1, 0.15) is 11.8 Å². The summed E-state index contributed by atoms with van der Waals surface area (Å²) >= 11 is 0. The van der Waals surface area contributed by atoms with Gasteiger partial charge in [-0.3, -0.25) is 4.79 Å². The predicted octanol–water partition coefficient (Wildman–Crippen LogP) is 0.507. The van der Waals surface area contributed by atoms with Crippen LogP contribution in [0.15, 0.2) is 65.6 Å². The van der Waals surface area contributed by atoms with Crippen molar-refractivity contribution in [1.29, 1.82) is 0 Å². The number of para-hydroxylation sites is 1. The molecule has 12 nitrogen and oxygen atoms in total. The van der Waals surface area contributed by atoms with E-state index in [-0.39, 0.29) is 18.0 Å². The number of ether oxygens (including phenoxy) is 1. The summed E-state index contributed by atoms with van der Waals surface area (Å²) in [7, 11) is -3.50. The van der Waals surface area contributed by atoms with Crippen molar-refractivity contribution in [2.45, 2.75) is 10.9 Å². The Morgan fingerprint density at radius 3 is 1.97 bits per heavy atom. The van der Waals surface area contributed by atoms with Gasteiger partial charge in [0.2, 0.25) is 10.0 Å². The Morgan fingerprint density at radius 1 is 1.00 bits per heavy atom. The molecule has 13 heteroatoms. The molecule has 0 bridgehead atoms. The number of hydrogen-bond donors (Lipinski definition) is 5. The summed E-state index contributed by atoms with van der Waals surface area (Å²) in [4.78, 5) is 32.2. The zero-order valence-electron chi connectivity index (χ0n) is 17.4. The number of primary sulfonamides is 1. The lowest BCUT2D eigenvalue weighted by molar-refractivity contribution is -0.140. The van der Waals surface area contributed by atoms with Crippen LogP contribution in [-0.2, 0) is 19.6 Å². The molecule has 180 valence electrons.